The van der Waals surface area contributed by atoms with Crippen LogP contribution in [0, 0.1) is 5.92 Å². The molecule has 23 heavy (non-hydrogen) atoms. The van der Waals surface area contributed by atoms with Gasteiger partial charge in [-0.1, -0.05) is 26.0 Å². The number of hydrogen-bond donors (Lipinski definition) is 1. The summed E-state index contributed by atoms with van der Waals surface area (Å²) in [4.78, 5) is 6.61. The van der Waals surface area contributed by atoms with Gasteiger partial charge in [-0.3, -0.25) is 0 Å². The quantitative estimate of drug-likeness (QED) is 0.876. The van der Waals surface area contributed by atoms with Crippen molar-refractivity contribution in [2.45, 2.75) is 26.8 Å². The highest BCUT2D eigenvalue weighted by Gasteiger charge is 2.14. The Morgan fingerprint density at radius 3 is 2.48 bits per heavy atom. The van der Waals surface area contributed by atoms with E-state index in [0.717, 1.165) is 17.0 Å². The van der Waals surface area contributed by atoms with E-state index in [-0.39, 0.29) is 0 Å². The third-order valence-corrected chi connectivity index (χ3v) is 3.88. The smallest absolute Gasteiger partial charge is 0.129 e. The monoisotopic (exact) mass is 313 g/mol. The number of anilines is 1. The zero-order chi connectivity index (χ0) is 17.0. The van der Waals surface area contributed by atoms with Crippen molar-refractivity contribution >= 4 is 5.82 Å². The van der Waals surface area contributed by atoms with Crippen LogP contribution in [0.3, 0.4) is 0 Å². The van der Waals surface area contributed by atoms with Crippen molar-refractivity contribution in [3.63, 3.8) is 0 Å². The average Bonchev–Trinajstić information content (AvgIpc) is 2.51. The van der Waals surface area contributed by atoms with Crippen molar-refractivity contribution in [1.82, 2.24) is 9.88 Å². The zero-order valence-electron chi connectivity index (χ0n) is 14.7. The molecule has 0 fully saturated rings. The molecule has 1 aromatic carbocycles. The van der Waals surface area contributed by atoms with Crippen molar-refractivity contribution in [2.75, 3.05) is 26.4 Å². The molecular formula is C19H27N3O. The highest BCUT2D eigenvalue weighted by molar-refractivity contribution is 5.69. The van der Waals surface area contributed by atoms with Crippen molar-refractivity contribution in [3.05, 3.63) is 42.0 Å². The molecular weight excluding hydrogens is 286 g/mol. The molecule has 1 aromatic heterocycles. The van der Waals surface area contributed by atoms with Gasteiger partial charge in [-0.25, -0.2) is 4.98 Å². The number of hydrogen-bond acceptors (Lipinski definition) is 4. The molecule has 1 atom stereocenters. The molecule has 0 radical (unpaired) electrons. The molecule has 0 aliphatic heterocycles. The molecule has 1 unspecified atom stereocenters. The first-order chi connectivity index (χ1) is 10.9. The summed E-state index contributed by atoms with van der Waals surface area (Å²) < 4.78 is 6.06. The van der Waals surface area contributed by atoms with Gasteiger partial charge in [0.1, 0.15) is 11.6 Å². The highest BCUT2D eigenvalue weighted by atomic mass is 16.5. The van der Waals surface area contributed by atoms with Gasteiger partial charge in [-0.2, -0.15) is 0 Å². The number of aromatic nitrogens is 1. The van der Waals surface area contributed by atoms with Crippen LogP contribution in [0.1, 0.15) is 32.4 Å². The van der Waals surface area contributed by atoms with Gasteiger partial charge in [0.05, 0.1) is 12.3 Å². The molecule has 0 saturated carbocycles. The van der Waals surface area contributed by atoms with Crippen LogP contribution in [-0.4, -0.2) is 30.6 Å². The van der Waals surface area contributed by atoms with Gasteiger partial charge in [0.2, 0.25) is 0 Å². The number of pyridine rings is 1. The summed E-state index contributed by atoms with van der Waals surface area (Å²) in [5.74, 6) is 1.85. The number of ether oxygens (including phenoxy) is 1. The standard InChI is InChI=1S/C19H27N3O/c1-13(2)12-23-18-11-15(14(3)22(4)5)9-10-16(18)17-7-6-8-19(20)21-17/h6-11,13-14H,12H2,1-5H3,(H2,20,21). The Balaban J connectivity index is 2.44. The maximum absolute atomic E-state index is 6.06. The van der Waals surface area contributed by atoms with Crippen molar-refractivity contribution in [3.8, 4) is 17.0 Å². The van der Waals surface area contributed by atoms with E-state index in [0.29, 0.717) is 24.4 Å². The molecule has 124 valence electrons. The average molecular weight is 313 g/mol. The van der Waals surface area contributed by atoms with Gasteiger partial charge in [0, 0.05) is 11.6 Å². The lowest BCUT2D eigenvalue weighted by molar-refractivity contribution is 0.270. The first kappa shape index (κ1) is 17.3. The minimum Gasteiger partial charge on any atom is -0.493 e. The fraction of sp³-hybridized carbons (Fsp3) is 0.421. The molecule has 0 aliphatic carbocycles. The van der Waals surface area contributed by atoms with Crippen LogP contribution in [0.15, 0.2) is 36.4 Å². The molecule has 0 spiro atoms. The second-order valence-electron chi connectivity index (χ2n) is 6.55. The summed E-state index contributed by atoms with van der Waals surface area (Å²) in [5, 5.41) is 0. The van der Waals surface area contributed by atoms with Gasteiger partial charge >= 0.3 is 0 Å². The largest absolute Gasteiger partial charge is 0.493 e. The summed E-state index contributed by atoms with van der Waals surface area (Å²) >= 11 is 0. The minimum atomic E-state index is 0.319. The van der Waals surface area contributed by atoms with Crippen molar-refractivity contribution < 1.29 is 4.74 Å². The van der Waals surface area contributed by atoms with Gasteiger partial charge in [0.15, 0.2) is 0 Å². The van der Waals surface area contributed by atoms with Crippen LogP contribution in [0.4, 0.5) is 5.82 Å². The van der Waals surface area contributed by atoms with Crippen molar-refractivity contribution in [1.29, 1.82) is 0 Å². The maximum atomic E-state index is 6.06. The highest BCUT2D eigenvalue weighted by Crippen LogP contribution is 2.33. The van der Waals surface area contributed by atoms with E-state index in [4.69, 9.17) is 10.5 Å². The number of benzene rings is 1. The summed E-state index contributed by atoms with van der Waals surface area (Å²) in [6.45, 7) is 7.14. The normalized spacial score (nSPS) is 12.7. The Bertz CT molecular complexity index is 653. The topological polar surface area (TPSA) is 51.4 Å². The number of rotatable bonds is 6. The van der Waals surface area contributed by atoms with Crippen LogP contribution in [0.25, 0.3) is 11.3 Å². The number of nitrogen functional groups attached to an aromatic ring is 1. The van der Waals surface area contributed by atoms with E-state index < -0.39 is 0 Å². The summed E-state index contributed by atoms with van der Waals surface area (Å²) in [6, 6.07) is 12.3. The van der Waals surface area contributed by atoms with Gasteiger partial charge in [-0.05, 0) is 56.8 Å². The Hall–Kier alpha value is -2.07. The van der Waals surface area contributed by atoms with E-state index in [9.17, 15) is 0 Å². The molecule has 0 aliphatic rings. The molecule has 2 N–H and O–H groups in total. The van der Waals surface area contributed by atoms with E-state index in [1.165, 1.54) is 5.56 Å². The maximum Gasteiger partial charge on any atom is 0.129 e. The van der Waals surface area contributed by atoms with Crippen LogP contribution in [0.5, 0.6) is 5.75 Å². The van der Waals surface area contributed by atoms with Crippen LogP contribution < -0.4 is 10.5 Å². The third-order valence-electron chi connectivity index (χ3n) is 3.88. The molecule has 4 heteroatoms. The first-order valence-electron chi connectivity index (χ1n) is 8.04. The Labute approximate surface area is 139 Å². The van der Waals surface area contributed by atoms with Crippen LogP contribution in [0.2, 0.25) is 0 Å². The SMILES string of the molecule is CC(C)COc1cc(C(C)N(C)C)ccc1-c1cccc(N)n1. The lowest BCUT2D eigenvalue weighted by Crippen LogP contribution is -2.17. The minimum absolute atomic E-state index is 0.319. The predicted molar refractivity (Wildman–Crippen MR) is 96.5 cm³/mol. The second-order valence-corrected chi connectivity index (χ2v) is 6.55. The molecule has 0 bridgehead atoms. The van der Waals surface area contributed by atoms with Crippen LogP contribution in [-0.2, 0) is 0 Å². The van der Waals surface area contributed by atoms with Crippen LogP contribution >= 0.6 is 0 Å². The fourth-order valence-corrected chi connectivity index (χ4v) is 2.29. The molecule has 4 nitrogen and oxygen atoms in total. The lowest BCUT2D eigenvalue weighted by atomic mass is 10.0. The summed E-state index contributed by atoms with van der Waals surface area (Å²) in [7, 11) is 4.15. The van der Waals surface area contributed by atoms with Crippen molar-refractivity contribution in [2.24, 2.45) is 5.92 Å². The first-order valence-corrected chi connectivity index (χ1v) is 8.04. The Kier molecular flexibility index (Phi) is 5.61. The van der Waals surface area contributed by atoms with Gasteiger partial charge < -0.3 is 15.4 Å². The summed E-state index contributed by atoms with van der Waals surface area (Å²) in [6.07, 6.45) is 0. The zero-order valence-corrected chi connectivity index (χ0v) is 14.7. The molecule has 2 aromatic rings. The summed E-state index contributed by atoms with van der Waals surface area (Å²) in [5.41, 5.74) is 8.87. The van der Waals surface area contributed by atoms with E-state index in [1.807, 2.05) is 12.1 Å². The van der Waals surface area contributed by atoms with E-state index >= 15 is 0 Å². The Morgan fingerprint density at radius 2 is 1.87 bits per heavy atom. The molecule has 0 amide bonds. The fourth-order valence-electron chi connectivity index (χ4n) is 2.29. The molecule has 1 heterocycles. The number of nitrogens with two attached hydrogens (primary N) is 1. The van der Waals surface area contributed by atoms with E-state index in [1.54, 1.807) is 6.07 Å². The molecule has 0 saturated heterocycles. The molecule has 2 rings (SSSR count). The number of nitrogens with zero attached hydrogens (tertiary/aromatic N) is 2. The predicted octanol–water partition coefficient (Wildman–Crippen LogP) is 3.99. The van der Waals surface area contributed by atoms with E-state index in [2.05, 4.69) is 62.9 Å². The lowest BCUT2D eigenvalue weighted by Gasteiger charge is -2.22. The second kappa shape index (κ2) is 7.47. The Morgan fingerprint density at radius 1 is 1.13 bits per heavy atom. The van der Waals surface area contributed by atoms with Gasteiger partial charge in [0.25, 0.3) is 0 Å². The third kappa shape index (κ3) is 4.45. The van der Waals surface area contributed by atoms with Gasteiger partial charge in [-0.15, -0.1) is 0 Å².